The molecule has 0 bridgehead atoms. The second-order valence-corrected chi connectivity index (χ2v) is 6.07. The Morgan fingerprint density at radius 2 is 1.36 bits per heavy atom. The molecule has 2 atom stereocenters. The summed E-state index contributed by atoms with van der Waals surface area (Å²) in [6.45, 7) is 6.22. The summed E-state index contributed by atoms with van der Waals surface area (Å²) in [5.41, 5.74) is 0. The van der Waals surface area contributed by atoms with Crippen LogP contribution in [0.4, 0.5) is 0 Å². The number of hydrogen-bond donors (Lipinski definition) is 0. The van der Waals surface area contributed by atoms with Gasteiger partial charge in [-0.3, -0.25) is 0 Å². The van der Waals surface area contributed by atoms with Crippen LogP contribution in [0.25, 0.3) is 0 Å². The molecule has 3 heteroatoms. The predicted octanol–water partition coefficient (Wildman–Crippen LogP) is 3.43. The largest absolute Gasteiger partial charge is 0.379 e. The fourth-order valence-corrected chi connectivity index (χ4v) is 1.07. The summed E-state index contributed by atoms with van der Waals surface area (Å²) >= 11 is 4.87. The maximum atomic E-state index is 5.52. The van der Waals surface area contributed by atoms with Gasteiger partial charge < -0.3 is 4.74 Å². The van der Waals surface area contributed by atoms with E-state index < -0.39 is 0 Å². The summed E-state index contributed by atoms with van der Waals surface area (Å²) in [6.07, 6.45) is 2.41. The van der Waals surface area contributed by atoms with Crippen molar-refractivity contribution in [2.24, 2.45) is 0 Å². The fraction of sp³-hybridized carbons (Fsp3) is 1.00. The van der Waals surface area contributed by atoms with Gasteiger partial charge in [-0.15, -0.1) is 0 Å². The van der Waals surface area contributed by atoms with Crippen molar-refractivity contribution in [3.8, 4) is 0 Å². The van der Waals surface area contributed by atoms with Crippen molar-refractivity contribution in [3.05, 3.63) is 0 Å². The van der Waals surface area contributed by atoms with Crippen LogP contribution in [0.5, 0.6) is 0 Å². The summed E-state index contributed by atoms with van der Waals surface area (Å²) in [5.74, 6) is 0. The Hall–Kier alpha value is 1.42. The summed E-state index contributed by atoms with van der Waals surface area (Å²) < 4.78 is 6.90. The van der Waals surface area contributed by atoms with Crippen LogP contribution < -0.4 is 0 Å². The van der Waals surface area contributed by atoms with E-state index in [1.165, 1.54) is 12.8 Å². The first-order valence-electron chi connectivity index (χ1n) is 4.06. The van der Waals surface area contributed by atoms with Gasteiger partial charge in [0.15, 0.2) is 0 Å². The topological polar surface area (TPSA) is 9.23 Å². The maximum absolute atomic E-state index is 5.52. The van der Waals surface area contributed by atoms with E-state index in [2.05, 4.69) is 59.0 Å². The predicted molar refractivity (Wildman–Crippen MR) is 67.0 cm³/mol. The Morgan fingerprint density at radius 1 is 1.00 bits per heavy atom. The van der Waals surface area contributed by atoms with Gasteiger partial charge in [0.25, 0.3) is 0 Å². The lowest BCUT2D eigenvalue weighted by molar-refractivity contribution is 0.140. The molecule has 0 aromatic carbocycles. The highest BCUT2D eigenvalue weighted by atomic mass is 127. The molecular formula is C8H16I2O. The molecule has 2 unspecified atom stereocenters. The molecule has 1 nitrogen and oxygen atoms in total. The zero-order valence-corrected chi connectivity index (χ0v) is 11.5. The number of halogens is 2. The van der Waals surface area contributed by atoms with E-state index in [0.717, 1.165) is 13.2 Å². The lowest BCUT2D eigenvalue weighted by atomic mass is 10.3. The van der Waals surface area contributed by atoms with E-state index in [-0.39, 0.29) is 0 Å². The van der Waals surface area contributed by atoms with E-state index in [9.17, 15) is 0 Å². The monoisotopic (exact) mass is 382 g/mol. The second kappa shape index (κ2) is 8.04. The smallest absolute Gasteiger partial charge is 0.0584 e. The summed E-state index contributed by atoms with van der Waals surface area (Å²) in [4.78, 5) is 0. The lowest BCUT2D eigenvalue weighted by Gasteiger charge is -2.10. The molecule has 0 aromatic heterocycles. The normalized spacial score (nSPS) is 16.4. The molecule has 0 aliphatic carbocycles. The van der Waals surface area contributed by atoms with Crippen molar-refractivity contribution in [3.63, 3.8) is 0 Å². The van der Waals surface area contributed by atoms with Gasteiger partial charge in [-0.1, -0.05) is 59.0 Å². The van der Waals surface area contributed by atoms with Crippen LogP contribution in [0.2, 0.25) is 0 Å². The van der Waals surface area contributed by atoms with Gasteiger partial charge in [-0.2, -0.15) is 0 Å². The standard InChI is InChI=1S/C8H16I2O/c1-3-7(9)5-11-6-8(10)4-2/h7-8H,3-6H2,1-2H3. The van der Waals surface area contributed by atoms with Crippen molar-refractivity contribution >= 4 is 45.2 Å². The molecule has 0 spiro atoms. The summed E-state index contributed by atoms with van der Waals surface area (Å²) in [6, 6.07) is 0. The van der Waals surface area contributed by atoms with Gasteiger partial charge >= 0.3 is 0 Å². The third-order valence-electron chi connectivity index (χ3n) is 1.48. The number of alkyl halides is 2. The van der Waals surface area contributed by atoms with Crippen LogP contribution in [0.3, 0.4) is 0 Å². The van der Waals surface area contributed by atoms with Crippen LogP contribution in [-0.4, -0.2) is 21.1 Å². The van der Waals surface area contributed by atoms with Crippen molar-refractivity contribution in [1.82, 2.24) is 0 Å². The zero-order chi connectivity index (χ0) is 8.69. The SMILES string of the molecule is CCC(I)COCC(I)CC. The van der Waals surface area contributed by atoms with E-state index in [1.807, 2.05) is 0 Å². The van der Waals surface area contributed by atoms with Crippen LogP contribution >= 0.6 is 45.2 Å². The maximum Gasteiger partial charge on any atom is 0.0584 e. The third-order valence-corrected chi connectivity index (χ3v) is 3.96. The molecule has 0 aromatic rings. The van der Waals surface area contributed by atoms with Crippen molar-refractivity contribution in [2.75, 3.05) is 13.2 Å². The molecule has 0 saturated heterocycles. The first-order chi connectivity index (χ1) is 5.20. The lowest BCUT2D eigenvalue weighted by Crippen LogP contribution is -2.13. The van der Waals surface area contributed by atoms with Crippen LogP contribution in [0, 0.1) is 0 Å². The average Bonchev–Trinajstić information content (AvgIpc) is 2.04. The molecule has 0 saturated carbocycles. The highest BCUT2D eigenvalue weighted by molar-refractivity contribution is 14.1. The van der Waals surface area contributed by atoms with Gasteiger partial charge in [0.1, 0.15) is 0 Å². The molecule has 0 amide bonds. The van der Waals surface area contributed by atoms with E-state index in [4.69, 9.17) is 4.74 Å². The molecule has 0 radical (unpaired) electrons. The minimum absolute atomic E-state index is 0.688. The number of ether oxygens (including phenoxy) is 1. The third kappa shape index (κ3) is 7.77. The van der Waals surface area contributed by atoms with Crippen LogP contribution in [0.15, 0.2) is 0 Å². The number of hydrogen-bond acceptors (Lipinski definition) is 1. The minimum Gasteiger partial charge on any atom is -0.379 e. The first-order valence-corrected chi connectivity index (χ1v) is 6.55. The molecule has 0 fully saturated rings. The van der Waals surface area contributed by atoms with E-state index in [1.54, 1.807) is 0 Å². The van der Waals surface area contributed by atoms with Crippen molar-refractivity contribution in [1.29, 1.82) is 0 Å². The summed E-state index contributed by atoms with van der Waals surface area (Å²) in [7, 11) is 0. The Morgan fingerprint density at radius 3 is 1.64 bits per heavy atom. The van der Waals surface area contributed by atoms with Crippen molar-refractivity contribution < 1.29 is 4.74 Å². The fourth-order valence-electron chi connectivity index (χ4n) is 0.559. The Labute approximate surface area is 96.9 Å². The molecule has 0 N–H and O–H groups in total. The molecule has 0 heterocycles. The number of rotatable bonds is 6. The van der Waals surface area contributed by atoms with Crippen molar-refractivity contribution in [2.45, 2.75) is 34.5 Å². The molecular weight excluding hydrogens is 366 g/mol. The van der Waals surface area contributed by atoms with Crippen LogP contribution in [-0.2, 0) is 4.74 Å². The van der Waals surface area contributed by atoms with Gasteiger partial charge in [0, 0.05) is 7.85 Å². The summed E-state index contributed by atoms with van der Waals surface area (Å²) in [5, 5.41) is 0. The molecule has 11 heavy (non-hydrogen) atoms. The molecule has 0 aliphatic rings. The molecule has 68 valence electrons. The first kappa shape index (κ1) is 12.4. The Bertz CT molecular complexity index is 78.2. The zero-order valence-electron chi connectivity index (χ0n) is 7.15. The average molecular weight is 382 g/mol. The Kier molecular flexibility index (Phi) is 9.08. The molecule has 0 aliphatic heterocycles. The quantitative estimate of drug-likeness (QED) is 0.506. The van der Waals surface area contributed by atoms with Gasteiger partial charge in [0.2, 0.25) is 0 Å². The van der Waals surface area contributed by atoms with E-state index in [0.29, 0.717) is 7.85 Å². The highest BCUT2D eigenvalue weighted by Crippen LogP contribution is 2.09. The van der Waals surface area contributed by atoms with Gasteiger partial charge in [-0.25, -0.2) is 0 Å². The second-order valence-electron chi connectivity index (χ2n) is 2.55. The van der Waals surface area contributed by atoms with Crippen LogP contribution in [0.1, 0.15) is 26.7 Å². The van der Waals surface area contributed by atoms with Gasteiger partial charge in [-0.05, 0) is 12.8 Å². The minimum atomic E-state index is 0.688. The Balaban J connectivity index is 3.13. The molecule has 0 rings (SSSR count). The van der Waals surface area contributed by atoms with Gasteiger partial charge in [0.05, 0.1) is 13.2 Å². The van der Waals surface area contributed by atoms with E-state index >= 15 is 0 Å². The highest BCUT2D eigenvalue weighted by Gasteiger charge is 2.03.